The molecule has 78 valence electrons. The zero-order chi connectivity index (χ0) is 10.3. The highest BCUT2D eigenvalue weighted by Crippen LogP contribution is 2.14. The maximum absolute atomic E-state index is 11.5. The van der Waals surface area contributed by atoms with Crippen LogP contribution in [0.25, 0.3) is 0 Å². The number of ether oxygens (including phenoxy) is 1. The second-order valence-electron chi connectivity index (χ2n) is 3.95. The summed E-state index contributed by atoms with van der Waals surface area (Å²) in [5.74, 6) is 0.214. The van der Waals surface area contributed by atoms with E-state index in [-0.39, 0.29) is 5.78 Å². The predicted molar refractivity (Wildman–Crippen MR) is 54.9 cm³/mol. The van der Waals surface area contributed by atoms with Gasteiger partial charge in [0.2, 0.25) is 0 Å². The van der Waals surface area contributed by atoms with Gasteiger partial charge in [0.05, 0.1) is 0 Å². The Balaban J connectivity index is 3.62. The van der Waals surface area contributed by atoms with E-state index in [2.05, 4.69) is 6.92 Å². The van der Waals surface area contributed by atoms with Gasteiger partial charge in [-0.05, 0) is 20.3 Å². The highest BCUT2D eigenvalue weighted by molar-refractivity contribution is 5.86. The van der Waals surface area contributed by atoms with Gasteiger partial charge in [-0.3, -0.25) is 4.79 Å². The largest absolute Gasteiger partial charge is 0.371 e. The van der Waals surface area contributed by atoms with E-state index in [9.17, 15) is 4.79 Å². The van der Waals surface area contributed by atoms with Crippen LogP contribution in [0, 0.1) is 0 Å². The Hall–Kier alpha value is -0.370. The molecular formula is C11H22O2. The van der Waals surface area contributed by atoms with Gasteiger partial charge in [0.1, 0.15) is 5.60 Å². The van der Waals surface area contributed by atoms with E-state index in [1.165, 1.54) is 12.8 Å². The van der Waals surface area contributed by atoms with Gasteiger partial charge in [0.15, 0.2) is 5.78 Å². The zero-order valence-electron chi connectivity index (χ0n) is 9.35. The average molecular weight is 186 g/mol. The topological polar surface area (TPSA) is 26.3 Å². The molecule has 0 spiro atoms. The van der Waals surface area contributed by atoms with E-state index in [0.29, 0.717) is 6.42 Å². The third-order valence-corrected chi connectivity index (χ3v) is 2.44. The molecule has 0 aliphatic heterocycles. The van der Waals surface area contributed by atoms with Crippen molar-refractivity contribution in [1.29, 1.82) is 0 Å². The van der Waals surface area contributed by atoms with Gasteiger partial charge in [-0.15, -0.1) is 0 Å². The number of hydrogen-bond acceptors (Lipinski definition) is 2. The van der Waals surface area contributed by atoms with Gasteiger partial charge >= 0.3 is 0 Å². The normalized spacial score (nSPS) is 11.7. The minimum atomic E-state index is -0.591. The number of Topliss-reactive ketones (excluding diaryl/α,β-unsaturated/α-hetero) is 1. The number of unbranched alkanes of at least 4 members (excludes halogenated alkanes) is 3. The van der Waals surface area contributed by atoms with E-state index in [4.69, 9.17) is 4.74 Å². The number of methoxy groups -OCH3 is 1. The van der Waals surface area contributed by atoms with Crippen molar-refractivity contribution in [3.8, 4) is 0 Å². The summed E-state index contributed by atoms with van der Waals surface area (Å²) in [6.07, 6.45) is 5.24. The Morgan fingerprint density at radius 1 is 1.23 bits per heavy atom. The van der Waals surface area contributed by atoms with Crippen molar-refractivity contribution in [3.63, 3.8) is 0 Å². The molecule has 0 aromatic rings. The van der Waals surface area contributed by atoms with Crippen LogP contribution >= 0.6 is 0 Å². The molecule has 13 heavy (non-hydrogen) atoms. The van der Waals surface area contributed by atoms with Crippen LogP contribution in [0.3, 0.4) is 0 Å². The average Bonchev–Trinajstić information content (AvgIpc) is 2.12. The highest BCUT2D eigenvalue weighted by atomic mass is 16.5. The van der Waals surface area contributed by atoms with Gasteiger partial charge in [-0.2, -0.15) is 0 Å². The zero-order valence-corrected chi connectivity index (χ0v) is 9.35. The predicted octanol–water partition coefficient (Wildman–Crippen LogP) is 2.95. The Morgan fingerprint density at radius 3 is 2.31 bits per heavy atom. The van der Waals surface area contributed by atoms with Gasteiger partial charge in [-0.25, -0.2) is 0 Å². The van der Waals surface area contributed by atoms with Crippen LogP contribution in [-0.4, -0.2) is 18.5 Å². The number of ketones is 1. The quantitative estimate of drug-likeness (QED) is 0.571. The highest BCUT2D eigenvalue weighted by Gasteiger charge is 2.25. The lowest BCUT2D eigenvalue weighted by Crippen LogP contribution is -2.33. The van der Waals surface area contributed by atoms with Crippen LogP contribution in [0.4, 0.5) is 0 Å². The third kappa shape index (κ3) is 5.04. The summed E-state index contributed by atoms with van der Waals surface area (Å²) in [4.78, 5) is 11.5. The standard InChI is InChI=1S/C11H22O2/c1-5-6-7-8-9-10(12)11(2,3)13-4/h5-9H2,1-4H3. The van der Waals surface area contributed by atoms with Crippen molar-refractivity contribution in [2.75, 3.05) is 7.11 Å². The molecule has 0 aromatic heterocycles. The fourth-order valence-electron chi connectivity index (χ4n) is 1.13. The summed E-state index contributed by atoms with van der Waals surface area (Å²) in [6.45, 7) is 5.82. The molecule has 0 radical (unpaired) electrons. The van der Waals surface area contributed by atoms with Gasteiger partial charge in [0.25, 0.3) is 0 Å². The van der Waals surface area contributed by atoms with Crippen LogP contribution < -0.4 is 0 Å². The van der Waals surface area contributed by atoms with E-state index in [0.717, 1.165) is 12.8 Å². The lowest BCUT2D eigenvalue weighted by atomic mass is 9.98. The Labute approximate surface area is 81.7 Å². The van der Waals surface area contributed by atoms with Crippen LogP contribution in [0.5, 0.6) is 0 Å². The van der Waals surface area contributed by atoms with Crippen molar-refractivity contribution in [1.82, 2.24) is 0 Å². The fraction of sp³-hybridized carbons (Fsp3) is 0.909. The maximum atomic E-state index is 11.5. The van der Waals surface area contributed by atoms with Gasteiger partial charge in [-0.1, -0.05) is 26.2 Å². The summed E-state index contributed by atoms with van der Waals surface area (Å²) in [5.41, 5.74) is -0.591. The molecule has 0 fully saturated rings. The van der Waals surface area contributed by atoms with E-state index < -0.39 is 5.60 Å². The minimum Gasteiger partial charge on any atom is -0.371 e. The second-order valence-corrected chi connectivity index (χ2v) is 3.95. The fourth-order valence-corrected chi connectivity index (χ4v) is 1.13. The molecule has 0 saturated carbocycles. The van der Waals surface area contributed by atoms with E-state index in [1.54, 1.807) is 7.11 Å². The molecule has 0 aliphatic rings. The number of rotatable bonds is 7. The first-order valence-corrected chi connectivity index (χ1v) is 5.13. The summed E-state index contributed by atoms with van der Waals surface area (Å²) < 4.78 is 5.11. The van der Waals surface area contributed by atoms with Crippen LogP contribution in [0.2, 0.25) is 0 Å². The molecule has 0 aromatic carbocycles. The van der Waals surface area contributed by atoms with E-state index in [1.807, 2.05) is 13.8 Å². The lowest BCUT2D eigenvalue weighted by Gasteiger charge is -2.20. The molecule has 0 N–H and O–H groups in total. The first-order chi connectivity index (χ1) is 6.04. The van der Waals surface area contributed by atoms with E-state index >= 15 is 0 Å². The van der Waals surface area contributed by atoms with Crippen LogP contribution in [0.1, 0.15) is 52.9 Å². The second kappa shape index (κ2) is 6.14. The molecule has 2 nitrogen and oxygen atoms in total. The molecule has 0 amide bonds. The van der Waals surface area contributed by atoms with Crippen molar-refractivity contribution >= 4 is 5.78 Å². The Kier molecular flexibility index (Phi) is 5.97. The van der Waals surface area contributed by atoms with Crippen molar-refractivity contribution in [2.24, 2.45) is 0 Å². The molecular weight excluding hydrogens is 164 g/mol. The number of carbonyl (C=O) groups is 1. The summed E-state index contributed by atoms with van der Waals surface area (Å²) in [5, 5.41) is 0. The third-order valence-electron chi connectivity index (χ3n) is 2.44. The maximum Gasteiger partial charge on any atom is 0.164 e. The molecule has 2 heteroatoms. The molecule has 0 heterocycles. The van der Waals surface area contributed by atoms with Gasteiger partial charge in [0, 0.05) is 13.5 Å². The number of hydrogen-bond donors (Lipinski definition) is 0. The SMILES string of the molecule is CCCCCCC(=O)C(C)(C)OC. The Bertz CT molecular complexity index is 150. The molecule has 0 unspecified atom stereocenters. The summed E-state index contributed by atoms with van der Waals surface area (Å²) in [7, 11) is 1.59. The lowest BCUT2D eigenvalue weighted by molar-refractivity contribution is -0.137. The molecule has 0 atom stereocenters. The van der Waals surface area contributed by atoms with Gasteiger partial charge < -0.3 is 4.74 Å². The molecule has 0 bridgehead atoms. The Morgan fingerprint density at radius 2 is 1.85 bits per heavy atom. The molecule has 0 saturated heterocycles. The first-order valence-electron chi connectivity index (χ1n) is 5.13. The summed E-state index contributed by atoms with van der Waals surface area (Å²) >= 11 is 0. The molecule has 0 rings (SSSR count). The monoisotopic (exact) mass is 186 g/mol. The van der Waals surface area contributed by atoms with Crippen molar-refractivity contribution in [3.05, 3.63) is 0 Å². The summed E-state index contributed by atoms with van der Waals surface area (Å²) in [6, 6.07) is 0. The smallest absolute Gasteiger partial charge is 0.164 e. The van der Waals surface area contributed by atoms with Crippen LogP contribution in [0.15, 0.2) is 0 Å². The van der Waals surface area contributed by atoms with Crippen molar-refractivity contribution < 1.29 is 9.53 Å². The van der Waals surface area contributed by atoms with Crippen molar-refractivity contribution in [2.45, 2.75) is 58.5 Å². The number of carbonyl (C=O) groups excluding carboxylic acids is 1. The first kappa shape index (κ1) is 12.6. The minimum absolute atomic E-state index is 0.214. The van der Waals surface area contributed by atoms with Crippen LogP contribution in [-0.2, 0) is 9.53 Å². The molecule has 0 aliphatic carbocycles.